The Morgan fingerprint density at radius 3 is 2.95 bits per heavy atom. The van der Waals surface area contributed by atoms with E-state index in [1.807, 2.05) is 35.2 Å². The van der Waals surface area contributed by atoms with Crippen molar-refractivity contribution in [3.05, 3.63) is 36.2 Å². The van der Waals surface area contributed by atoms with Crippen molar-refractivity contribution in [1.82, 2.24) is 20.4 Å². The molecule has 1 aliphatic heterocycles. The first kappa shape index (κ1) is 11.9. The molecule has 0 atom stereocenters. The molecular weight excluding hydrogens is 244 g/mol. The summed E-state index contributed by atoms with van der Waals surface area (Å²) in [4.78, 5) is 17.6. The molecule has 3 rings (SSSR count). The average Bonchev–Trinajstić information content (AvgIpc) is 2.88. The van der Waals surface area contributed by atoms with Crippen molar-refractivity contribution in [2.45, 2.75) is 6.54 Å². The zero-order valence-electron chi connectivity index (χ0n) is 10.4. The van der Waals surface area contributed by atoms with Crippen molar-refractivity contribution in [2.75, 3.05) is 19.6 Å². The molecule has 0 aliphatic carbocycles. The van der Waals surface area contributed by atoms with Gasteiger partial charge in [0.05, 0.1) is 13.1 Å². The summed E-state index contributed by atoms with van der Waals surface area (Å²) in [6, 6.07) is 9.67. The molecule has 98 valence electrons. The van der Waals surface area contributed by atoms with E-state index in [2.05, 4.69) is 15.5 Å². The fraction of sp³-hybridized carbons (Fsp3) is 0.308. The molecule has 2 heterocycles. The molecule has 0 unspecified atom stereocenters. The van der Waals surface area contributed by atoms with E-state index < -0.39 is 0 Å². The summed E-state index contributed by atoms with van der Waals surface area (Å²) in [6.45, 7) is 2.35. The van der Waals surface area contributed by atoms with Gasteiger partial charge in [-0.15, -0.1) is 0 Å². The highest BCUT2D eigenvalue weighted by Gasteiger charge is 2.19. The van der Waals surface area contributed by atoms with Crippen LogP contribution < -0.4 is 5.32 Å². The van der Waals surface area contributed by atoms with Crippen LogP contribution in [0.4, 0.5) is 0 Å². The quantitative estimate of drug-likeness (QED) is 0.876. The maximum absolute atomic E-state index is 11.3. The van der Waals surface area contributed by atoms with Gasteiger partial charge in [-0.2, -0.15) is 4.98 Å². The Morgan fingerprint density at radius 2 is 2.16 bits per heavy atom. The second-order valence-electron chi connectivity index (χ2n) is 4.44. The highest BCUT2D eigenvalue weighted by atomic mass is 16.5. The van der Waals surface area contributed by atoms with Gasteiger partial charge >= 0.3 is 0 Å². The SMILES string of the molecule is O=C1CN(Cc2nc(-c3ccccc3)no2)CCN1. The van der Waals surface area contributed by atoms with Gasteiger partial charge in [0.2, 0.25) is 17.6 Å². The number of rotatable bonds is 3. The molecule has 6 heteroatoms. The van der Waals surface area contributed by atoms with E-state index in [9.17, 15) is 4.79 Å². The number of piperazine rings is 1. The third-order valence-electron chi connectivity index (χ3n) is 2.98. The van der Waals surface area contributed by atoms with Crippen LogP contribution in [-0.2, 0) is 11.3 Å². The van der Waals surface area contributed by atoms with Crippen LogP contribution >= 0.6 is 0 Å². The van der Waals surface area contributed by atoms with Crippen LogP contribution in [0.25, 0.3) is 11.4 Å². The van der Waals surface area contributed by atoms with Crippen LogP contribution in [0.2, 0.25) is 0 Å². The number of hydrogen-bond donors (Lipinski definition) is 1. The fourth-order valence-corrected chi connectivity index (χ4v) is 2.04. The van der Waals surface area contributed by atoms with Gasteiger partial charge in [-0.25, -0.2) is 0 Å². The molecule has 6 nitrogen and oxygen atoms in total. The molecule has 1 fully saturated rings. The van der Waals surface area contributed by atoms with Gasteiger partial charge in [0.1, 0.15) is 0 Å². The fourth-order valence-electron chi connectivity index (χ4n) is 2.04. The molecule has 2 aromatic rings. The van der Waals surface area contributed by atoms with Crippen LogP contribution in [0, 0.1) is 0 Å². The standard InChI is InChI=1S/C13H14N4O2/c18-11-8-17(7-6-14-11)9-12-15-13(16-19-12)10-4-2-1-3-5-10/h1-5H,6-9H2,(H,14,18). The van der Waals surface area contributed by atoms with Crippen molar-refractivity contribution in [3.8, 4) is 11.4 Å². The number of benzene rings is 1. The summed E-state index contributed by atoms with van der Waals surface area (Å²) >= 11 is 0. The van der Waals surface area contributed by atoms with Gasteiger partial charge in [0, 0.05) is 18.7 Å². The van der Waals surface area contributed by atoms with Gasteiger partial charge in [-0.3, -0.25) is 9.69 Å². The lowest BCUT2D eigenvalue weighted by Gasteiger charge is -2.24. The first-order valence-corrected chi connectivity index (χ1v) is 6.18. The van der Waals surface area contributed by atoms with Gasteiger partial charge in [0.25, 0.3) is 0 Å². The van der Waals surface area contributed by atoms with Crippen molar-refractivity contribution < 1.29 is 9.32 Å². The highest BCUT2D eigenvalue weighted by Crippen LogP contribution is 2.15. The van der Waals surface area contributed by atoms with Crippen LogP contribution in [0.3, 0.4) is 0 Å². The van der Waals surface area contributed by atoms with Crippen molar-refractivity contribution in [1.29, 1.82) is 0 Å². The summed E-state index contributed by atoms with van der Waals surface area (Å²) < 4.78 is 5.22. The summed E-state index contributed by atoms with van der Waals surface area (Å²) in [5, 5.41) is 6.74. The number of amides is 1. The Labute approximate surface area is 110 Å². The molecule has 1 N–H and O–H groups in total. The zero-order valence-corrected chi connectivity index (χ0v) is 10.4. The molecule has 19 heavy (non-hydrogen) atoms. The minimum Gasteiger partial charge on any atom is -0.354 e. The molecule has 0 spiro atoms. The lowest BCUT2D eigenvalue weighted by molar-refractivity contribution is -0.124. The molecule has 0 bridgehead atoms. The Kier molecular flexibility index (Phi) is 3.24. The second kappa shape index (κ2) is 5.19. The minimum atomic E-state index is 0.0362. The summed E-state index contributed by atoms with van der Waals surface area (Å²) in [6.07, 6.45) is 0. The lowest BCUT2D eigenvalue weighted by Crippen LogP contribution is -2.47. The monoisotopic (exact) mass is 258 g/mol. The molecular formula is C13H14N4O2. The van der Waals surface area contributed by atoms with E-state index in [-0.39, 0.29) is 5.91 Å². The largest absolute Gasteiger partial charge is 0.354 e. The molecule has 0 radical (unpaired) electrons. The van der Waals surface area contributed by atoms with E-state index in [4.69, 9.17) is 4.52 Å². The normalized spacial score (nSPS) is 16.3. The van der Waals surface area contributed by atoms with Crippen LogP contribution in [-0.4, -0.2) is 40.6 Å². The Bertz CT molecular complexity index is 567. The second-order valence-corrected chi connectivity index (χ2v) is 4.44. The zero-order chi connectivity index (χ0) is 13.1. The molecule has 1 aromatic carbocycles. The van der Waals surface area contributed by atoms with Crippen LogP contribution in [0.5, 0.6) is 0 Å². The number of aromatic nitrogens is 2. The van der Waals surface area contributed by atoms with Gasteiger partial charge in [-0.05, 0) is 0 Å². The van der Waals surface area contributed by atoms with E-state index >= 15 is 0 Å². The van der Waals surface area contributed by atoms with E-state index in [1.165, 1.54) is 0 Å². The van der Waals surface area contributed by atoms with E-state index in [1.54, 1.807) is 0 Å². The molecule has 1 saturated heterocycles. The average molecular weight is 258 g/mol. The first-order chi connectivity index (χ1) is 9.31. The summed E-state index contributed by atoms with van der Waals surface area (Å²) in [5.41, 5.74) is 0.925. The summed E-state index contributed by atoms with van der Waals surface area (Å²) in [7, 11) is 0. The number of carbonyl (C=O) groups is 1. The van der Waals surface area contributed by atoms with Crippen LogP contribution in [0.15, 0.2) is 34.9 Å². The third kappa shape index (κ3) is 2.79. The molecule has 1 amide bonds. The van der Waals surface area contributed by atoms with Crippen molar-refractivity contribution in [3.63, 3.8) is 0 Å². The summed E-state index contributed by atoms with van der Waals surface area (Å²) in [5.74, 6) is 1.15. The number of hydrogen-bond acceptors (Lipinski definition) is 5. The van der Waals surface area contributed by atoms with Crippen LogP contribution in [0.1, 0.15) is 5.89 Å². The number of carbonyl (C=O) groups excluding carboxylic acids is 1. The number of nitrogens with one attached hydrogen (secondary N) is 1. The molecule has 1 aromatic heterocycles. The van der Waals surface area contributed by atoms with E-state index in [0.717, 1.165) is 12.1 Å². The van der Waals surface area contributed by atoms with Gasteiger partial charge < -0.3 is 9.84 Å². The third-order valence-corrected chi connectivity index (χ3v) is 2.98. The maximum Gasteiger partial charge on any atom is 0.241 e. The topological polar surface area (TPSA) is 71.3 Å². The maximum atomic E-state index is 11.3. The predicted octanol–water partition coefficient (Wildman–Crippen LogP) is 0.668. The minimum absolute atomic E-state index is 0.0362. The Morgan fingerprint density at radius 1 is 1.32 bits per heavy atom. The molecule has 0 saturated carbocycles. The first-order valence-electron chi connectivity index (χ1n) is 6.18. The van der Waals surface area contributed by atoms with Gasteiger partial charge in [-0.1, -0.05) is 35.5 Å². The Balaban J connectivity index is 1.70. The van der Waals surface area contributed by atoms with E-state index in [0.29, 0.717) is 31.3 Å². The van der Waals surface area contributed by atoms with Gasteiger partial charge in [0.15, 0.2) is 0 Å². The predicted molar refractivity (Wildman–Crippen MR) is 68.0 cm³/mol. The van der Waals surface area contributed by atoms with Crippen molar-refractivity contribution in [2.24, 2.45) is 0 Å². The lowest BCUT2D eigenvalue weighted by atomic mass is 10.2. The number of nitrogens with zero attached hydrogens (tertiary/aromatic N) is 3. The Hall–Kier alpha value is -2.21. The van der Waals surface area contributed by atoms with Crippen molar-refractivity contribution >= 4 is 5.91 Å². The molecule has 1 aliphatic rings. The highest BCUT2D eigenvalue weighted by molar-refractivity contribution is 5.78. The smallest absolute Gasteiger partial charge is 0.241 e.